The minimum absolute atomic E-state index is 0.255. The first kappa shape index (κ1) is 28.5. The number of benzene rings is 2. The average molecular weight is 563 g/mol. The molecule has 0 saturated carbocycles. The van der Waals surface area contributed by atoms with Crippen molar-refractivity contribution in [3.63, 3.8) is 0 Å². The van der Waals surface area contributed by atoms with E-state index < -0.39 is 23.5 Å². The molecule has 0 radical (unpaired) electrons. The Kier molecular flexibility index (Phi) is 7.50. The van der Waals surface area contributed by atoms with Crippen molar-refractivity contribution in [2.24, 2.45) is 0 Å². The third-order valence-electron chi connectivity index (χ3n) is 7.68. The van der Waals surface area contributed by atoms with Gasteiger partial charge in [-0.05, 0) is 99.9 Å². The molecule has 2 aliphatic heterocycles. The normalized spacial score (nSPS) is 15.1. The summed E-state index contributed by atoms with van der Waals surface area (Å²) in [5, 5.41) is 10.4. The number of rotatable bonds is 6. The van der Waals surface area contributed by atoms with Crippen LogP contribution in [-0.2, 0) is 22.4 Å². The fourth-order valence-corrected chi connectivity index (χ4v) is 5.92. The van der Waals surface area contributed by atoms with Gasteiger partial charge in [0, 0.05) is 29.6 Å². The van der Waals surface area contributed by atoms with Crippen molar-refractivity contribution in [2.75, 3.05) is 25.2 Å². The van der Waals surface area contributed by atoms with Gasteiger partial charge in [-0.1, -0.05) is 0 Å². The van der Waals surface area contributed by atoms with Crippen molar-refractivity contribution >= 4 is 17.6 Å². The fraction of sp³-hybridized carbons (Fsp3) is 0.406. The highest BCUT2D eigenvalue weighted by molar-refractivity contribution is 6.10. The zero-order valence-corrected chi connectivity index (χ0v) is 24.3. The number of hydrogen-bond acceptors (Lipinski definition) is 6. The quantitative estimate of drug-likeness (QED) is 0.395. The van der Waals surface area contributed by atoms with E-state index in [0.717, 1.165) is 23.1 Å². The number of amides is 1. The Morgan fingerprint density at radius 2 is 1.93 bits per heavy atom. The van der Waals surface area contributed by atoms with Crippen molar-refractivity contribution in [1.29, 1.82) is 0 Å². The van der Waals surface area contributed by atoms with Gasteiger partial charge in [0.1, 0.15) is 5.75 Å². The molecule has 1 amide bonds. The summed E-state index contributed by atoms with van der Waals surface area (Å²) in [6, 6.07) is 4.88. The third-order valence-corrected chi connectivity index (χ3v) is 7.68. The predicted molar refractivity (Wildman–Crippen MR) is 153 cm³/mol. The van der Waals surface area contributed by atoms with E-state index in [2.05, 4.69) is 4.98 Å². The van der Waals surface area contributed by atoms with Gasteiger partial charge in [-0.3, -0.25) is 9.78 Å². The fourth-order valence-electron chi connectivity index (χ4n) is 5.92. The highest BCUT2D eigenvalue weighted by Gasteiger charge is 2.37. The van der Waals surface area contributed by atoms with Crippen LogP contribution < -0.4 is 14.4 Å². The standard InChI is InChI=1S/C32H35FN2O6/c1-17-14-24-20(10-12-35(24)30(36)21-9-11-34-16-25(21)39-6)27(26(17)29(31(37)38)41-32(3,4)5)22-15-23(33)28-19(18(22)2)8-7-13-40-28/h9,11,14-16,29H,7-8,10,12-13H2,1-6H3,(H,37,38). The number of carbonyl (C=O) groups excluding carboxylic acids is 1. The number of carboxylic acid groups (broad SMARTS) is 1. The Labute approximate surface area is 239 Å². The van der Waals surface area contributed by atoms with E-state index in [1.165, 1.54) is 25.6 Å². The van der Waals surface area contributed by atoms with Crippen LogP contribution in [0, 0.1) is 19.7 Å². The second-order valence-corrected chi connectivity index (χ2v) is 11.5. The number of anilines is 1. The lowest BCUT2D eigenvalue weighted by Gasteiger charge is -2.30. The van der Waals surface area contributed by atoms with Gasteiger partial charge in [0.25, 0.3) is 5.91 Å². The molecule has 0 aliphatic carbocycles. The van der Waals surface area contributed by atoms with Gasteiger partial charge < -0.3 is 24.2 Å². The van der Waals surface area contributed by atoms with Crippen molar-refractivity contribution < 1.29 is 33.3 Å². The van der Waals surface area contributed by atoms with Crippen LogP contribution in [0.3, 0.4) is 0 Å². The maximum atomic E-state index is 15.6. The number of methoxy groups -OCH3 is 1. The zero-order valence-electron chi connectivity index (χ0n) is 24.3. The van der Waals surface area contributed by atoms with E-state index >= 15 is 4.39 Å². The van der Waals surface area contributed by atoms with Crippen molar-refractivity contribution in [3.8, 4) is 22.6 Å². The second-order valence-electron chi connectivity index (χ2n) is 11.5. The van der Waals surface area contributed by atoms with Gasteiger partial charge >= 0.3 is 5.97 Å². The number of pyridine rings is 1. The highest BCUT2D eigenvalue weighted by atomic mass is 19.1. The maximum absolute atomic E-state index is 15.6. The summed E-state index contributed by atoms with van der Waals surface area (Å²) < 4.78 is 32.8. The Bertz CT molecular complexity index is 1540. The zero-order chi connectivity index (χ0) is 29.6. The van der Waals surface area contributed by atoms with Crippen molar-refractivity contribution in [3.05, 3.63) is 69.8 Å². The molecule has 3 heterocycles. The van der Waals surface area contributed by atoms with E-state index in [0.29, 0.717) is 65.2 Å². The lowest BCUT2D eigenvalue weighted by Crippen LogP contribution is -2.30. The molecule has 0 saturated heterocycles. The Morgan fingerprint density at radius 3 is 2.61 bits per heavy atom. The topological polar surface area (TPSA) is 98.2 Å². The summed E-state index contributed by atoms with van der Waals surface area (Å²) in [4.78, 5) is 32.2. The molecular formula is C32H35FN2O6. The monoisotopic (exact) mass is 562 g/mol. The Hall–Kier alpha value is -3.98. The lowest BCUT2D eigenvalue weighted by molar-refractivity contribution is -0.160. The minimum atomic E-state index is -1.31. The number of carboxylic acids is 1. The summed E-state index contributed by atoms with van der Waals surface area (Å²) in [5.41, 5.74) is 4.90. The summed E-state index contributed by atoms with van der Waals surface area (Å²) in [5.74, 6) is -1.28. The molecule has 1 N–H and O–H groups in total. The van der Waals surface area contributed by atoms with Crippen LogP contribution in [0.2, 0.25) is 0 Å². The first-order valence-electron chi connectivity index (χ1n) is 13.7. The van der Waals surface area contributed by atoms with E-state index in [1.807, 2.05) is 19.9 Å². The van der Waals surface area contributed by atoms with Crippen LogP contribution in [0.5, 0.6) is 11.5 Å². The van der Waals surface area contributed by atoms with E-state index in [9.17, 15) is 14.7 Å². The highest BCUT2D eigenvalue weighted by Crippen LogP contribution is 2.48. The average Bonchev–Trinajstić information content (AvgIpc) is 3.35. The number of nitrogens with zero attached hydrogens (tertiary/aromatic N) is 2. The van der Waals surface area contributed by atoms with Crippen LogP contribution in [0.1, 0.15) is 71.5 Å². The SMILES string of the molecule is COc1cnccc1C(=O)N1CCc2c1cc(C)c(C(OC(C)(C)C)C(=O)O)c2-c1cc(F)c2c(c1C)CCCO2. The number of ether oxygens (including phenoxy) is 3. The smallest absolute Gasteiger partial charge is 0.337 e. The van der Waals surface area contributed by atoms with Crippen LogP contribution in [0.25, 0.3) is 11.1 Å². The number of aromatic nitrogens is 1. The van der Waals surface area contributed by atoms with Crippen LogP contribution in [-0.4, -0.2) is 47.8 Å². The maximum Gasteiger partial charge on any atom is 0.337 e. The summed E-state index contributed by atoms with van der Waals surface area (Å²) >= 11 is 0. The molecule has 0 spiro atoms. The second kappa shape index (κ2) is 10.8. The molecule has 1 unspecified atom stereocenters. The lowest BCUT2D eigenvalue weighted by atomic mass is 9.83. The first-order chi connectivity index (χ1) is 19.4. The number of hydrogen-bond donors (Lipinski definition) is 1. The van der Waals surface area contributed by atoms with Gasteiger partial charge in [0.15, 0.2) is 17.7 Å². The molecule has 2 aliphatic rings. The predicted octanol–water partition coefficient (Wildman–Crippen LogP) is 5.98. The van der Waals surface area contributed by atoms with E-state index in [-0.39, 0.29) is 11.7 Å². The molecule has 5 rings (SSSR count). The first-order valence-corrected chi connectivity index (χ1v) is 13.7. The van der Waals surface area contributed by atoms with Gasteiger partial charge in [-0.25, -0.2) is 9.18 Å². The van der Waals surface area contributed by atoms with Gasteiger partial charge in [-0.15, -0.1) is 0 Å². The van der Waals surface area contributed by atoms with E-state index in [4.69, 9.17) is 14.2 Å². The molecule has 1 aromatic heterocycles. The molecule has 0 bridgehead atoms. The molecule has 8 nitrogen and oxygen atoms in total. The summed E-state index contributed by atoms with van der Waals surface area (Å²) in [6.07, 6.45) is 3.59. The van der Waals surface area contributed by atoms with Crippen LogP contribution >= 0.6 is 0 Å². The van der Waals surface area contributed by atoms with Gasteiger partial charge in [0.2, 0.25) is 0 Å². The van der Waals surface area contributed by atoms with Gasteiger partial charge in [-0.2, -0.15) is 0 Å². The molecule has 0 fully saturated rings. The van der Waals surface area contributed by atoms with Crippen molar-refractivity contribution in [1.82, 2.24) is 4.98 Å². The molecule has 1 atom stereocenters. The number of halogens is 1. The molecule has 216 valence electrons. The third kappa shape index (κ3) is 5.14. The summed E-state index contributed by atoms with van der Waals surface area (Å²) in [6.45, 7) is 9.94. The largest absolute Gasteiger partial charge is 0.494 e. The number of aliphatic carboxylic acids is 1. The minimum Gasteiger partial charge on any atom is -0.494 e. The van der Waals surface area contributed by atoms with E-state index in [1.54, 1.807) is 31.7 Å². The summed E-state index contributed by atoms with van der Waals surface area (Å²) in [7, 11) is 1.48. The number of carbonyl (C=O) groups is 2. The van der Waals surface area contributed by atoms with Crippen LogP contribution in [0.4, 0.5) is 10.1 Å². The molecule has 3 aromatic rings. The molecule has 41 heavy (non-hydrogen) atoms. The van der Waals surface area contributed by atoms with Gasteiger partial charge in [0.05, 0.1) is 31.1 Å². The molecule has 9 heteroatoms. The molecular weight excluding hydrogens is 527 g/mol. The molecule has 2 aromatic carbocycles. The van der Waals surface area contributed by atoms with Crippen LogP contribution in [0.15, 0.2) is 30.6 Å². The number of fused-ring (bicyclic) bond motifs is 2. The number of aryl methyl sites for hydroxylation is 1. The Morgan fingerprint density at radius 1 is 1.17 bits per heavy atom. The van der Waals surface area contributed by atoms with Crippen molar-refractivity contribution in [2.45, 2.75) is 65.6 Å². The Balaban J connectivity index is 1.78.